The van der Waals surface area contributed by atoms with E-state index in [4.69, 9.17) is 0 Å². The summed E-state index contributed by atoms with van der Waals surface area (Å²) in [5.41, 5.74) is 25.8. The van der Waals surface area contributed by atoms with Gasteiger partial charge < -0.3 is 14.5 Å². The molecule has 8 aromatic carbocycles. The molecule has 5 heteroatoms. The van der Waals surface area contributed by atoms with Crippen molar-refractivity contribution in [3.8, 4) is 44.5 Å². The molecular weight excluding hydrogens is 676 g/mol. The van der Waals surface area contributed by atoms with Crippen LogP contribution in [0.5, 0.6) is 0 Å². The molecule has 4 aliphatic heterocycles. The molecule has 0 spiro atoms. The van der Waals surface area contributed by atoms with Crippen LogP contribution in [0.4, 0.5) is 34.1 Å². The van der Waals surface area contributed by atoms with E-state index in [1.165, 1.54) is 112 Å². The summed E-state index contributed by atoms with van der Waals surface area (Å²) in [4.78, 5) is 7.69. The molecule has 0 saturated carbocycles. The maximum Gasteiger partial charge on any atom is 0.329 e. The van der Waals surface area contributed by atoms with Gasteiger partial charge in [0.15, 0.2) is 0 Å². The van der Waals surface area contributed by atoms with E-state index in [1.807, 2.05) is 0 Å². The Labute approximate surface area is 329 Å². The van der Waals surface area contributed by atoms with Crippen LogP contribution in [0, 0.1) is 13.8 Å². The second-order valence-corrected chi connectivity index (χ2v) is 15.7. The van der Waals surface area contributed by atoms with Crippen LogP contribution < -0.4 is 36.4 Å². The van der Waals surface area contributed by atoms with Gasteiger partial charge in [-0.2, -0.15) is 0 Å². The molecule has 4 heterocycles. The standard InChI is InChI=1S/C51H37B2N3/c1-32-16-12-24-40-48(32)50-44(28-14-30-46(50)55-42-26-10-6-20-36(42)34-18-4-8-22-38(34)52(40)55)54(3)45-29-15-31-47-51(45)49-33(2)17-13-25-41(49)53-39-23-9-5-19-35(39)37-21-7-11-27-43(37)56(47)53/h4-31H,1-3H3. The molecule has 0 amide bonds. The fourth-order valence-corrected chi connectivity index (χ4v) is 10.7. The maximum atomic E-state index is 2.61. The van der Waals surface area contributed by atoms with Crippen molar-refractivity contribution in [2.45, 2.75) is 13.8 Å². The molecule has 12 rings (SSSR count). The predicted molar refractivity (Wildman–Crippen MR) is 239 cm³/mol. The smallest absolute Gasteiger partial charge is 0.329 e. The highest BCUT2D eigenvalue weighted by Gasteiger charge is 2.45. The van der Waals surface area contributed by atoms with Gasteiger partial charge in [-0.15, -0.1) is 0 Å². The van der Waals surface area contributed by atoms with E-state index in [0.717, 1.165) is 0 Å². The number of benzene rings is 8. The highest BCUT2D eigenvalue weighted by Crippen LogP contribution is 2.54. The SMILES string of the molecule is Cc1cccc2c1-c1c(N(C)c3cccc4c3-c3c(C)cccc3B3c5ccccc5-c5ccccc5N34)cccc1N1B2c2ccccc2-c2ccccc21. The van der Waals surface area contributed by atoms with Crippen LogP contribution in [0.2, 0.25) is 0 Å². The average Bonchev–Trinajstić information content (AvgIpc) is 3.25. The summed E-state index contributed by atoms with van der Waals surface area (Å²) in [6.45, 7) is 4.71. The quantitative estimate of drug-likeness (QED) is 0.165. The lowest BCUT2D eigenvalue weighted by Gasteiger charge is -2.46. The van der Waals surface area contributed by atoms with Gasteiger partial charge in [0, 0.05) is 52.1 Å². The molecule has 0 aliphatic carbocycles. The maximum absolute atomic E-state index is 2.61. The molecule has 0 aromatic heterocycles. The van der Waals surface area contributed by atoms with Crippen LogP contribution in [0.15, 0.2) is 170 Å². The topological polar surface area (TPSA) is 9.72 Å². The van der Waals surface area contributed by atoms with E-state index in [9.17, 15) is 0 Å². The minimum atomic E-state index is 0.0713. The fourth-order valence-electron chi connectivity index (χ4n) is 10.7. The number of nitrogens with zero attached hydrogens (tertiary/aromatic N) is 3. The van der Waals surface area contributed by atoms with Crippen molar-refractivity contribution in [1.82, 2.24) is 0 Å². The molecule has 0 bridgehead atoms. The Bertz CT molecular complexity index is 2770. The number of aryl methyl sites for hydroxylation is 2. The molecular formula is C51H37B2N3. The largest absolute Gasteiger partial charge is 0.376 e. The minimum Gasteiger partial charge on any atom is -0.376 e. The van der Waals surface area contributed by atoms with Crippen LogP contribution in [0.25, 0.3) is 44.5 Å². The van der Waals surface area contributed by atoms with Crippen molar-refractivity contribution in [3.63, 3.8) is 0 Å². The lowest BCUT2D eigenvalue weighted by molar-refractivity contribution is 1.19. The second kappa shape index (κ2) is 11.6. The predicted octanol–water partition coefficient (Wildman–Crippen LogP) is 9.88. The third kappa shape index (κ3) is 4.10. The Kier molecular flexibility index (Phi) is 6.58. The zero-order valence-electron chi connectivity index (χ0n) is 31.7. The average molecular weight is 714 g/mol. The summed E-state index contributed by atoms with van der Waals surface area (Å²) in [7, 11) is 2.28. The summed E-state index contributed by atoms with van der Waals surface area (Å²) in [5, 5.41) is 0. The monoisotopic (exact) mass is 713 g/mol. The second-order valence-electron chi connectivity index (χ2n) is 15.7. The molecule has 0 saturated heterocycles. The highest BCUT2D eigenvalue weighted by molar-refractivity contribution is 6.93. The Morgan fingerprint density at radius 2 is 0.696 bits per heavy atom. The van der Waals surface area contributed by atoms with Crippen LogP contribution >= 0.6 is 0 Å². The van der Waals surface area contributed by atoms with Gasteiger partial charge in [0.2, 0.25) is 0 Å². The zero-order valence-corrected chi connectivity index (χ0v) is 31.7. The normalized spacial score (nSPS) is 13.5. The van der Waals surface area contributed by atoms with E-state index >= 15 is 0 Å². The van der Waals surface area contributed by atoms with Gasteiger partial charge in [-0.25, -0.2) is 0 Å². The van der Waals surface area contributed by atoms with Gasteiger partial charge in [0.05, 0.1) is 11.4 Å². The van der Waals surface area contributed by atoms with Crippen LogP contribution in [0.1, 0.15) is 11.1 Å². The van der Waals surface area contributed by atoms with E-state index in [2.05, 4.69) is 205 Å². The molecule has 262 valence electrons. The van der Waals surface area contributed by atoms with E-state index in [-0.39, 0.29) is 13.7 Å². The first-order valence-corrected chi connectivity index (χ1v) is 19.7. The first kappa shape index (κ1) is 31.6. The summed E-state index contributed by atoms with van der Waals surface area (Å²) in [6.07, 6.45) is 0. The lowest BCUT2D eigenvalue weighted by atomic mass is 9.43. The number of hydrogen-bond acceptors (Lipinski definition) is 3. The highest BCUT2D eigenvalue weighted by atomic mass is 15.2. The molecule has 0 fully saturated rings. The number of hydrogen-bond donors (Lipinski definition) is 0. The van der Waals surface area contributed by atoms with Crippen LogP contribution in [-0.4, -0.2) is 20.7 Å². The van der Waals surface area contributed by atoms with Crippen molar-refractivity contribution in [3.05, 3.63) is 181 Å². The van der Waals surface area contributed by atoms with Crippen LogP contribution in [-0.2, 0) is 0 Å². The third-order valence-corrected chi connectivity index (χ3v) is 12.9. The van der Waals surface area contributed by atoms with Gasteiger partial charge >= 0.3 is 13.7 Å². The van der Waals surface area contributed by atoms with E-state index in [0.29, 0.717) is 0 Å². The lowest BCUT2D eigenvalue weighted by Crippen LogP contribution is -2.60. The summed E-state index contributed by atoms with van der Waals surface area (Å²) in [6, 6.07) is 63.5. The first-order chi connectivity index (χ1) is 27.6. The molecule has 56 heavy (non-hydrogen) atoms. The van der Waals surface area contributed by atoms with Gasteiger partial charge in [-0.3, -0.25) is 0 Å². The van der Waals surface area contributed by atoms with Crippen molar-refractivity contribution >= 4 is 69.7 Å². The van der Waals surface area contributed by atoms with E-state index in [1.54, 1.807) is 0 Å². The Hall–Kier alpha value is -6.71. The molecule has 3 nitrogen and oxygen atoms in total. The van der Waals surface area contributed by atoms with Crippen molar-refractivity contribution in [2.24, 2.45) is 0 Å². The number of fused-ring (bicyclic) bond motifs is 22. The first-order valence-electron chi connectivity index (χ1n) is 19.7. The third-order valence-electron chi connectivity index (χ3n) is 12.9. The summed E-state index contributed by atoms with van der Waals surface area (Å²) in [5.74, 6) is 0. The van der Waals surface area contributed by atoms with Gasteiger partial charge in [-0.1, -0.05) is 133 Å². The molecule has 0 N–H and O–H groups in total. The van der Waals surface area contributed by atoms with Crippen LogP contribution in [0.3, 0.4) is 0 Å². The number of para-hydroxylation sites is 2. The molecule has 0 unspecified atom stereocenters. The number of rotatable bonds is 2. The van der Waals surface area contributed by atoms with Crippen molar-refractivity contribution in [2.75, 3.05) is 21.6 Å². The van der Waals surface area contributed by atoms with Crippen molar-refractivity contribution in [1.29, 1.82) is 0 Å². The molecule has 0 radical (unpaired) electrons. The molecule has 4 aliphatic rings. The summed E-state index contributed by atoms with van der Waals surface area (Å²) >= 11 is 0. The van der Waals surface area contributed by atoms with Gasteiger partial charge in [-0.05, 0) is 105 Å². The molecule has 8 aromatic rings. The Morgan fingerprint density at radius 1 is 0.339 bits per heavy atom. The van der Waals surface area contributed by atoms with E-state index < -0.39 is 0 Å². The minimum absolute atomic E-state index is 0.0713. The fraction of sp³-hybridized carbons (Fsp3) is 0.0588. The number of anilines is 6. The zero-order chi connectivity index (χ0) is 37.2. The molecule has 0 atom stereocenters. The van der Waals surface area contributed by atoms with Gasteiger partial charge in [0.1, 0.15) is 0 Å². The summed E-state index contributed by atoms with van der Waals surface area (Å²) < 4.78 is 0. The van der Waals surface area contributed by atoms with Gasteiger partial charge in [0.25, 0.3) is 0 Å². The Morgan fingerprint density at radius 3 is 1.16 bits per heavy atom. The Balaban J connectivity index is 1.11. The van der Waals surface area contributed by atoms with Crippen molar-refractivity contribution < 1.29 is 0 Å².